The summed E-state index contributed by atoms with van der Waals surface area (Å²) in [6, 6.07) is -1.33. The van der Waals surface area contributed by atoms with Crippen LogP contribution in [-0.2, 0) is 16.8 Å². The molecule has 2 amide bonds. The van der Waals surface area contributed by atoms with Gasteiger partial charge in [0.25, 0.3) is 0 Å². The van der Waals surface area contributed by atoms with Gasteiger partial charge in [-0.2, -0.15) is 0 Å². The second kappa shape index (κ2) is 7.40. The normalized spacial score (nSPS) is 12.8. The van der Waals surface area contributed by atoms with E-state index < -0.39 is 18.0 Å². The van der Waals surface area contributed by atoms with Gasteiger partial charge >= 0.3 is 12.0 Å². The molecule has 7 heteroatoms. The van der Waals surface area contributed by atoms with Crippen LogP contribution in [0.4, 0.5) is 4.79 Å². The smallest absolute Gasteiger partial charge is 0.326 e. The highest BCUT2D eigenvalue weighted by Crippen LogP contribution is 2.23. The molecule has 0 aromatic carbocycles. The first kappa shape index (κ1) is 17.4. The molecule has 21 heavy (non-hydrogen) atoms. The Morgan fingerprint density at radius 3 is 2.57 bits per heavy atom. The van der Waals surface area contributed by atoms with Gasteiger partial charge in [0, 0.05) is 10.8 Å². The van der Waals surface area contributed by atoms with Crippen molar-refractivity contribution in [1.29, 1.82) is 0 Å². The topological polar surface area (TPSA) is 91.3 Å². The Balaban J connectivity index is 2.49. The van der Waals surface area contributed by atoms with Crippen molar-refractivity contribution in [3.8, 4) is 0 Å². The molecule has 118 valence electrons. The number of urea groups is 1. The minimum absolute atomic E-state index is 0.0213. The van der Waals surface area contributed by atoms with Gasteiger partial charge in [0.2, 0.25) is 0 Å². The van der Waals surface area contributed by atoms with Gasteiger partial charge in [0.1, 0.15) is 11.0 Å². The number of hydrogen-bond donors (Lipinski definition) is 3. The minimum Gasteiger partial charge on any atom is -0.480 e. The van der Waals surface area contributed by atoms with E-state index in [9.17, 15) is 9.59 Å². The maximum Gasteiger partial charge on any atom is 0.326 e. The Morgan fingerprint density at radius 1 is 1.43 bits per heavy atom. The number of carboxylic acids is 1. The number of aromatic nitrogens is 1. The maximum absolute atomic E-state index is 11.7. The first-order valence-corrected chi connectivity index (χ1v) is 7.84. The van der Waals surface area contributed by atoms with Gasteiger partial charge in [0.15, 0.2) is 0 Å². The number of nitrogens with one attached hydrogen (secondary N) is 2. The second-order valence-electron chi connectivity index (χ2n) is 5.88. The number of thiazole rings is 1. The molecule has 0 aliphatic rings. The van der Waals surface area contributed by atoms with Gasteiger partial charge in [-0.3, -0.25) is 0 Å². The number of carbonyl (C=O) groups is 2. The third-order valence-corrected chi connectivity index (χ3v) is 3.75. The summed E-state index contributed by atoms with van der Waals surface area (Å²) in [5.41, 5.74) is 0.964. The van der Waals surface area contributed by atoms with Crippen LogP contribution in [0.2, 0.25) is 0 Å². The van der Waals surface area contributed by atoms with Crippen LogP contribution in [0.15, 0.2) is 5.38 Å². The van der Waals surface area contributed by atoms with Crippen molar-refractivity contribution in [2.45, 2.75) is 58.5 Å². The number of carboxylic acid groups (broad SMARTS) is 1. The van der Waals surface area contributed by atoms with Crippen LogP contribution in [0, 0.1) is 0 Å². The Hall–Kier alpha value is -1.63. The van der Waals surface area contributed by atoms with E-state index >= 15 is 0 Å². The summed E-state index contributed by atoms with van der Waals surface area (Å²) in [4.78, 5) is 27.1. The van der Waals surface area contributed by atoms with Crippen molar-refractivity contribution in [2.24, 2.45) is 0 Å². The summed E-state index contributed by atoms with van der Waals surface area (Å²) in [5.74, 6) is -1.02. The summed E-state index contributed by atoms with van der Waals surface area (Å²) in [5, 5.41) is 16.9. The highest BCUT2D eigenvalue weighted by molar-refractivity contribution is 7.09. The molecular formula is C14H23N3O3S. The first-order valence-electron chi connectivity index (χ1n) is 6.96. The van der Waals surface area contributed by atoms with Crippen LogP contribution in [0.3, 0.4) is 0 Å². The summed E-state index contributed by atoms with van der Waals surface area (Å²) in [7, 11) is 0. The van der Waals surface area contributed by atoms with Gasteiger partial charge in [-0.25, -0.2) is 14.6 Å². The van der Waals surface area contributed by atoms with Crippen molar-refractivity contribution >= 4 is 23.3 Å². The molecule has 0 saturated heterocycles. The SMILES string of the molecule is CCCC(NC(=O)NCc1nc(C(C)(C)C)cs1)C(=O)O. The Bertz CT molecular complexity index is 494. The van der Waals surface area contributed by atoms with E-state index in [0.29, 0.717) is 19.4 Å². The zero-order chi connectivity index (χ0) is 16.0. The highest BCUT2D eigenvalue weighted by Gasteiger charge is 2.20. The average molecular weight is 313 g/mol. The average Bonchev–Trinajstić information content (AvgIpc) is 2.84. The molecule has 0 spiro atoms. The maximum atomic E-state index is 11.7. The van der Waals surface area contributed by atoms with Crippen molar-refractivity contribution in [3.05, 3.63) is 16.1 Å². The van der Waals surface area contributed by atoms with Gasteiger partial charge in [-0.1, -0.05) is 34.1 Å². The van der Waals surface area contributed by atoms with Crippen molar-refractivity contribution < 1.29 is 14.7 Å². The van der Waals surface area contributed by atoms with E-state index in [1.807, 2.05) is 12.3 Å². The third-order valence-electron chi connectivity index (χ3n) is 2.90. The molecule has 1 rings (SSSR count). The lowest BCUT2D eigenvalue weighted by Crippen LogP contribution is -2.45. The standard InChI is InChI=1S/C14H23N3O3S/c1-5-6-9(12(18)19)16-13(20)15-7-11-17-10(8-21-11)14(2,3)4/h8-9H,5-7H2,1-4H3,(H,18,19)(H2,15,16,20). The van der Waals surface area contributed by atoms with Crippen LogP contribution < -0.4 is 10.6 Å². The minimum atomic E-state index is -1.02. The van der Waals surface area contributed by atoms with E-state index in [1.54, 1.807) is 0 Å². The van der Waals surface area contributed by atoms with E-state index in [1.165, 1.54) is 11.3 Å². The van der Waals surface area contributed by atoms with Crippen molar-refractivity contribution in [1.82, 2.24) is 15.6 Å². The fraction of sp³-hybridized carbons (Fsp3) is 0.643. The fourth-order valence-corrected chi connectivity index (χ4v) is 2.61. The molecular weight excluding hydrogens is 290 g/mol. The zero-order valence-electron chi connectivity index (χ0n) is 12.9. The molecule has 1 heterocycles. The molecule has 6 nitrogen and oxygen atoms in total. The summed E-state index contributed by atoms with van der Waals surface area (Å²) >= 11 is 1.48. The van der Waals surface area contributed by atoms with Gasteiger partial charge in [-0.15, -0.1) is 11.3 Å². The van der Waals surface area contributed by atoms with Gasteiger partial charge in [0.05, 0.1) is 12.2 Å². The largest absolute Gasteiger partial charge is 0.480 e. The van der Waals surface area contributed by atoms with Crippen molar-refractivity contribution in [2.75, 3.05) is 0 Å². The molecule has 3 N–H and O–H groups in total. The predicted octanol–water partition coefficient (Wildman–Crippen LogP) is 2.49. The monoisotopic (exact) mass is 313 g/mol. The molecule has 0 radical (unpaired) electrons. The Labute approximate surface area is 129 Å². The molecule has 1 atom stereocenters. The molecule has 1 aromatic heterocycles. The number of nitrogens with zero attached hydrogens (tertiary/aromatic N) is 1. The van der Waals surface area contributed by atoms with E-state index in [4.69, 9.17) is 5.11 Å². The molecule has 1 aromatic rings. The van der Waals surface area contributed by atoms with E-state index in [-0.39, 0.29) is 5.41 Å². The molecule has 1 unspecified atom stereocenters. The van der Waals surface area contributed by atoms with Crippen LogP contribution >= 0.6 is 11.3 Å². The van der Waals surface area contributed by atoms with Crippen LogP contribution in [0.5, 0.6) is 0 Å². The van der Waals surface area contributed by atoms with E-state index in [2.05, 4.69) is 36.4 Å². The third kappa shape index (κ3) is 5.71. The van der Waals surface area contributed by atoms with E-state index in [0.717, 1.165) is 10.7 Å². The highest BCUT2D eigenvalue weighted by atomic mass is 32.1. The predicted molar refractivity (Wildman–Crippen MR) is 82.5 cm³/mol. The summed E-state index contributed by atoms with van der Waals surface area (Å²) in [6.07, 6.45) is 1.10. The first-order chi connectivity index (χ1) is 9.74. The number of aliphatic carboxylic acids is 1. The van der Waals surface area contributed by atoms with Crippen molar-refractivity contribution in [3.63, 3.8) is 0 Å². The van der Waals surface area contributed by atoms with Crippen LogP contribution in [-0.4, -0.2) is 28.1 Å². The lowest BCUT2D eigenvalue weighted by Gasteiger charge is -2.14. The quantitative estimate of drug-likeness (QED) is 0.752. The Morgan fingerprint density at radius 2 is 2.10 bits per heavy atom. The second-order valence-corrected chi connectivity index (χ2v) is 6.83. The lowest BCUT2D eigenvalue weighted by molar-refractivity contribution is -0.139. The number of amides is 2. The number of hydrogen-bond acceptors (Lipinski definition) is 4. The van der Waals surface area contributed by atoms with Gasteiger partial charge in [-0.05, 0) is 6.42 Å². The molecule has 0 saturated carbocycles. The molecule has 0 bridgehead atoms. The summed E-state index contributed by atoms with van der Waals surface area (Å²) in [6.45, 7) is 8.40. The van der Waals surface area contributed by atoms with Gasteiger partial charge < -0.3 is 15.7 Å². The molecule has 0 aliphatic heterocycles. The molecule has 0 aliphatic carbocycles. The number of rotatable bonds is 6. The van der Waals surface area contributed by atoms with Crippen LogP contribution in [0.1, 0.15) is 51.2 Å². The molecule has 0 fully saturated rings. The zero-order valence-corrected chi connectivity index (χ0v) is 13.7. The lowest BCUT2D eigenvalue weighted by atomic mass is 9.93. The van der Waals surface area contributed by atoms with Crippen LogP contribution in [0.25, 0.3) is 0 Å². The fourth-order valence-electron chi connectivity index (χ4n) is 1.65. The number of carbonyl (C=O) groups excluding carboxylic acids is 1. The summed E-state index contributed by atoms with van der Waals surface area (Å²) < 4.78 is 0. The Kier molecular flexibility index (Phi) is 6.14.